The number of likely N-dealkylation sites (tertiary alicyclic amines) is 1. The zero-order chi connectivity index (χ0) is 25.1. The number of carbonyl (C=O) groups is 1. The highest BCUT2D eigenvalue weighted by Gasteiger charge is 2.44. The van der Waals surface area contributed by atoms with E-state index in [2.05, 4.69) is 32.5 Å². The highest BCUT2D eigenvalue weighted by molar-refractivity contribution is 7.24. The molecule has 3 aromatic heterocycles. The molecule has 1 atom stereocenters. The number of pyridine rings is 1. The Bertz CT molecular complexity index is 1590. The summed E-state index contributed by atoms with van der Waals surface area (Å²) in [5.41, 5.74) is 1.60. The van der Waals surface area contributed by atoms with Gasteiger partial charge in [-0.2, -0.15) is 4.98 Å². The molecular weight excluding hydrogens is 486 g/mol. The molecule has 0 saturated carbocycles. The monoisotopic (exact) mass is 517 g/mol. The van der Waals surface area contributed by atoms with Gasteiger partial charge in [0.15, 0.2) is 5.65 Å². The van der Waals surface area contributed by atoms with Crippen LogP contribution < -0.4 is 21.0 Å². The van der Waals surface area contributed by atoms with Crippen LogP contribution in [0.25, 0.3) is 26.1 Å². The van der Waals surface area contributed by atoms with Crippen molar-refractivity contribution in [3.05, 3.63) is 46.2 Å². The Morgan fingerprint density at radius 1 is 1.19 bits per heavy atom. The van der Waals surface area contributed by atoms with Gasteiger partial charge >= 0.3 is 0 Å². The molecule has 7 rings (SSSR count). The second kappa shape index (κ2) is 8.75. The molecule has 10 heteroatoms. The first kappa shape index (κ1) is 23.1. The summed E-state index contributed by atoms with van der Waals surface area (Å²) in [5.74, 6) is 0.345. The van der Waals surface area contributed by atoms with Crippen molar-refractivity contribution >= 4 is 49.3 Å². The maximum absolute atomic E-state index is 13.8. The first-order valence-electron chi connectivity index (χ1n) is 13.2. The Morgan fingerprint density at radius 2 is 2.03 bits per heavy atom. The minimum absolute atomic E-state index is 0.0631. The van der Waals surface area contributed by atoms with E-state index in [1.54, 1.807) is 6.20 Å². The Hall–Kier alpha value is -3.08. The number of amides is 1. The minimum atomic E-state index is -0.308. The highest BCUT2D eigenvalue weighted by Crippen LogP contribution is 2.38. The maximum atomic E-state index is 13.8. The van der Waals surface area contributed by atoms with Crippen molar-refractivity contribution in [2.24, 2.45) is 0 Å². The maximum Gasteiger partial charge on any atom is 0.258 e. The first-order valence-corrected chi connectivity index (χ1v) is 14.1. The first-order chi connectivity index (χ1) is 18.0. The molecule has 1 amide bonds. The lowest BCUT2D eigenvalue weighted by Gasteiger charge is -2.31. The Labute approximate surface area is 218 Å². The zero-order valence-electron chi connectivity index (χ0n) is 21.0. The van der Waals surface area contributed by atoms with Crippen LogP contribution in [0.4, 0.5) is 5.95 Å². The van der Waals surface area contributed by atoms with Gasteiger partial charge in [-0.1, -0.05) is 12.1 Å². The molecule has 3 aliphatic rings. The van der Waals surface area contributed by atoms with E-state index in [0.717, 1.165) is 62.2 Å². The number of hydrogen-bond donors (Lipinski definition) is 2. The highest BCUT2D eigenvalue weighted by atomic mass is 32.1. The summed E-state index contributed by atoms with van der Waals surface area (Å²) in [6.07, 6.45) is 6.86. The fourth-order valence-corrected chi connectivity index (χ4v) is 7.66. The van der Waals surface area contributed by atoms with E-state index in [0.29, 0.717) is 21.8 Å². The van der Waals surface area contributed by atoms with E-state index < -0.39 is 0 Å². The van der Waals surface area contributed by atoms with Crippen LogP contribution in [0, 0.1) is 0 Å². The van der Waals surface area contributed by atoms with Crippen molar-refractivity contribution in [1.29, 1.82) is 0 Å². The van der Waals surface area contributed by atoms with Crippen LogP contribution >= 0.6 is 11.3 Å². The molecule has 1 unspecified atom stereocenters. The van der Waals surface area contributed by atoms with Crippen molar-refractivity contribution in [3.8, 4) is 0 Å². The Kier molecular flexibility index (Phi) is 5.45. The van der Waals surface area contributed by atoms with Crippen LogP contribution in [0.5, 0.6) is 0 Å². The number of anilines is 1. The van der Waals surface area contributed by atoms with E-state index in [9.17, 15) is 9.59 Å². The summed E-state index contributed by atoms with van der Waals surface area (Å²) in [6.45, 7) is 4.66. The lowest BCUT2D eigenvalue weighted by atomic mass is 9.96. The summed E-state index contributed by atoms with van der Waals surface area (Å²) >= 11 is 1.47. The number of nitrogens with zero attached hydrogens (tertiary/aromatic N) is 5. The van der Waals surface area contributed by atoms with E-state index in [4.69, 9.17) is 4.98 Å². The van der Waals surface area contributed by atoms with Crippen molar-refractivity contribution in [2.75, 3.05) is 44.7 Å². The number of aromatic nitrogens is 3. The lowest BCUT2D eigenvalue weighted by Crippen LogP contribution is -2.44. The molecule has 6 heterocycles. The third kappa shape index (κ3) is 3.65. The quantitative estimate of drug-likeness (QED) is 0.431. The van der Waals surface area contributed by atoms with Gasteiger partial charge in [-0.25, -0.2) is 4.98 Å². The topological polar surface area (TPSA) is 94.9 Å². The molecule has 3 fully saturated rings. The van der Waals surface area contributed by atoms with Gasteiger partial charge in [-0.05, 0) is 70.9 Å². The molecular formula is C27H31N7O2S. The molecule has 1 spiro atoms. The van der Waals surface area contributed by atoms with Crippen molar-refractivity contribution in [2.45, 2.75) is 43.7 Å². The predicted molar refractivity (Wildman–Crippen MR) is 147 cm³/mol. The number of rotatable bonds is 3. The summed E-state index contributed by atoms with van der Waals surface area (Å²) < 4.78 is 3.01. The van der Waals surface area contributed by atoms with Crippen molar-refractivity contribution < 1.29 is 4.79 Å². The average molecular weight is 518 g/mol. The fourth-order valence-electron chi connectivity index (χ4n) is 6.48. The SMILES string of the molecule is CN1CCCC12CCN(c1ncc3c(=O)c(C(=O)NC4CCNCC4)c4sc5ccccc5n4c3n1)C2. The number of carbonyl (C=O) groups excluding carboxylic acids is 1. The molecule has 37 heavy (non-hydrogen) atoms. The van der Waals surface area contributed by atoms with Gasteiger partial charge in [0.1, 0.15) is 10.4 Å². The predicted octanol–water partition coefficient (Wildman–Crippen LogP) is 2.61. The number of nitrogens with one attached hydrogen (secondary N) is 2. The number of likely N-dealkylation sites (N-methyl/N-ethyl adjacent to an activating group) is 1. The largest absolute Gasteiger partial charge is 0.349 e. The summed E-state index contributed by atoms with van der Waals surface area (Å²) in [6, 6.07) is 8.08. The van der Waals surface area contributed by atoms with Gasteiger partial charge < -0.3 is 15.5 Å². The molecule has 2 N–H and O–H groups in total. The van der Waals surface area contributed by atoms with Gasteiger partial charge in [0, 0.05) is 30.9 Å². The van der Waals surface area contributed by atoms with Gasteiger partial charge in [0.2, 0.25) is 11.4 Å². The molecule has 0 aliphatic carbocycles. The number of thiazole rings is 1. The van der Waals surface area contributed by atoms with Gasteiger partial charge in [-0.15, -0.1) is 11.3 Å². The standard InChI is InChI=1S/C27H31N7O2S/c1-32-13-4-9-27(32)10-14-33(16-27)26-29-15-18-22(35)21(24(36)30-17-7-11-28-12-8-17)25-34(23(18)31-26)19-5-2-3-6-20(19)37-25/h2-3,5-6,15,17,28H,4,7-14,16H2,1H3,(H,30,36). The third-order valence-corrected chi connectivity index (χ3v) is 9.78. The summed E-state index contributed by atoms with van der Waals surface area (Å²) in [7, 11) is 2.22. The van der Waals surface area contributed by atoms with E-state index in [1.165, 1.54) is 24.2 Å². The third-order valence-electron chi connectivity index (χ3n) is 8.63. The zero-order valence-corrected chi connectivity index (χ0v) is 21.8. The van der Waals surface area contributed by atoms with E-state index in [1.807, 2.05) is 28.7 Å². The van der Waals surface area contributed by atoms with Crippen LogP contribution in [0.3, 0.4) is 0 Å². The molecule has 0 bridgehead atoms. The Morgan fingerprint density at radius 3 is 2.84 bits per heavy atom. The molecule has 0 radical (unpaired) electrons. The normalized spacial score (nSPS) is 23.2. The number of fused-ring (bicyclic) bond motifs is 5. The fraction of sp³-hybridized carbons (Fsp3) is 0.481. The molecule has 3 aliphatic heterocycles. The molecule has 192 valence electrons. The van der Waals surface area contributed by atoms with Crippen molar-refractivity contribution in [3.63, 3.8) is 0 Å². The number of hydrogen-bond acceptors (Lipinski definition) is 8. The van der Waals surface area contributed by atoms with Crippen molar-refractivity contribution in [1.82, 2.24) is 29.9 Å². The van der Waals surface area contributed by atoms with E-state index in [-0.39, 0.29) is 28.5 Å². The second-order valence-electron chi connectivity index (χ2n) is 10.7. The van der Waals surface area contributed by atoms with Crippen LogP contribution in [0.15, 0.2) is 35.3 Å². The number of para-hydroxylation sites is 1. The minimum Gasteiger partial charge on any atom is -0.349 e. The molecule has 3 saturated heterocycles. The van der Waals surface area contributed by atoms with Gasteiger partial charge in [0.25, 0.3) is 5.91 Å². The number of benzene rings is 1. The summed E-state index contributed by atoms with van der Waals surface area (Å²) in [4.78, 5) is 42.4. The van der Waals surface area contributed by atoms with Crippen LogP contribution in [0.2, 0.25) is 0 Å². The summed E-state index contributed by atoms with van der Waals surface area (Å²) in [5, 5.41) is 6.83. The molecule has 9 nitrogen and oxygen atoms in total. The number of piperidine rings is 1. The van der Waals surface area contributed by atoms with Gasteiger partial charge in [0.05, 0.1) is 15.6 Å². The van der Waals surface area contributed by atoms with E-state index >= 15 is 0 Å². The smallest absolute Gasteiger partial charge is 0.258 e. The van der Waals surface area contributed by atoms with Crippen LogP contribution in [-0.4, -0.2) is 76.5 Å². The molecule has 4 aromatic rings. The lowest BCUT2D eigenvalue weighted by molar-refractivity contribution is 0.0930. The average Bonchev–Trinajstić information content (AvgIpc) is 3.62. The van der Waals surface area contributed by atoms with Crippen LogP contribution in [0.1, 0.15) is 42.5 Å². The van der Waals surface area contributed by atoms with Crippen LogP contribution in [-0.2, 0) is 0 Å². The molecule has 1 aromatic carbocycles. The second-order valence-corrected chi connectivity index (χ2v) is 11.8. The Balaban J connectivity index is 1.37. The van der Waals surface area contributed by atoms with Gasteiger partial charge in [-0.3, -0.25) is 18.9 Å².